The van der Waals surface area contributed by atoms with E-state index < -0.39 is 0 Å². The van der Waals surface area contributed by atoms with Crippen LogP contribution in [0.3, 0.4) is 0 Å². The van der Waals surface area contributed by atoms with Crippen molar-refractivity contribution in [2.45, 2.75) is 52.9 Å². The van der Waals surface area contributed by atoms with Gasteiger partial charge in [-0.25, -0.2) is 4.79 Å². The summed E-state index contributed by atoms with van der Waals surface area (Å²) >= 11 is 0. The zero-order valence-electron chi connectivity index (χ0n) is 12.2. The Morgan fingerprint density at radius 1 is 1.22 bits per heavy atom. The number of unbranched alkanes of at least 4 members (excludes halogenated alkanes) is 3. The summed E-state index contributed by atoms with van der Waals surface area (Å²) in [5.41, 5.74) is 5.41. The van der Waals surface area contributed by atoms with Gasteiger partial charge in [0.1, 0.15) is 0 Å². The van der Waals surface area contributed by atoms with Crippen LogP contribution >= 0.6 is 0 Å². The highest BCUT2D eigenvalue weighted by atomic mass is 16.5. The number of nitrogens with one attached hydrogen (secondary N) is 1. The van der Waals surface area contributed by atoms with Gasteiger partial charge in [0.15, 0.2) is 0 Å². The molecule has 0 aromatic rings. The molecule has 0 saturated carbocycles. The van der Waals surface area contributed by atoms with Gasteiger partial charge in [0.2, 0.25) is 0 Å². The second kappa shape index (κ2) is 11.3. The van der Waals surface area contributed by atoms with Crippen LogP contribution in [0.2, 0.25) is 0 Å². The van der Waals surface area contributed by atoms with Gasteiger partial charge in [-0.15, -0.1) is 0 Å². The fourth-order valence-corrected chi connectivity index (χ4v) is 1.83. The Hall–Kier alpha value is -0.770. The number of nitrogens with two attached hydrogens (primary N) is 1. The smallest absolute Gasteiger partial charge is 0.407 e. The van der Waals surface area contributed by atoms with E-state index in [0.717, 1.165) is 38.6 Å². The molecule has 0 rings (SSSR count). The first kappa shape index (κ1) is 17.2. The van der Waals surface area contributed by atoms with Crippen LogP contribution in [0.15, 0.2) is 0 Å². The molecule has 1 amide bonds. The largest absolute Gasteiger partial charge is 0.449 e. The van der Waals surface area contributed by atoms with E-state index in [2.05, 4.69) is 26.1 Å². The maximum atomic E-state index is 11.4. The van der Waals surface area contributed by atoms with Gasteiger partial charge < -0.3 is 15.8 Å². The zero-order valence-corrected chi connectivity index (χ0v) is 12.2. The highest BCUT2D eigenvalue weighted by molar-refractivity contribution is 5.66. The minimum Gasteiger partial charge on any atom is -0.449 e. The Kier molecular flexibility index (Phi) is 10.8. The molecule has 0 aliphatic rings. The lowest BCUT2D eigenvalue weighted by Gasteiger charge is -2.18. The molecule has 1 atom stereocenters. The third kappa shape index (κ3) is 9.28. The normalized spacial score (nSPS) is 12.5. The van der Waals surface area contributed by atoms with Crippen LogP contribution in [0.1, 0.15) is 52.9 Å². The Bertz CT molecular complexity index is 208. The summed E-state index contributed by atoms with van der Waals surface area (Å²) in [5, 5.41) is 2.79. The average molecular weight is 258 g/mol. The van der Waals surface area contributed by atoms with Crippen molar-refractivity contribution in [1.82, 2.24) is 5.32 Å². The van der Waals surface area contributed by atoms with Gasteiger partial charge in [0.25, 0.3) is 0 Å². The van der Waals surface area contributed by atoms with Gasteiger partial charge in [0.05, 0.1) is 6.61 Å². The van der Waals surface area contributed by atoms with Crippen LogP contribution < -0.4 is 11.1 Å². The molecular weight excluding hydrogens is 228 g/mol. The summed E-state index contributed by atoms with van der Waals surface area (Å²) in [6.07, 6.45) is 5.07. The number of alkyl carbamates (subject to hydrolysis) is 1. The number of rotatable bonds is 10. The van der Waals surface area contributed by atoms with Crippen LogP contribution in [0, 0.1) is 11.8 Å². The molecule has 0 aliphatic carbocycles. The molecule has 3 N–H and O–H groups in total. The van der Waals surface area contributed by atoms with E-state index in [9.17, 15) is 4.79 Å². The maximum Gasteiger partial charge on any atom is 0.407 e. The van der Waals surface area contributed by atoms with Gasteiger partial charge in [0, 0.05) is 6.54 Å². The molecule has 0 heterocycles. The van der Waals surface area contributed by atoms with Gasteiger partial charge >= 0.3 is 6.09 Å². The molecule has 4 heteroatoms. The molecule has 0 unspecified atom stereocenters. The highest BCUT2D eigenvalue weighted by Gasteiger charge is 2.13. The van der Waals surface area contributed by atoms with E-state index >= 15 is 0 Å². The molecule has 0 saturated heterocycles. The van der Waals surface area contributed by atoms with Crippen molar-refractivity contribution in [3.05, 3.63) is 0 Å². The van der Waals surface area contributed by atoms with E-state index in [1.165, 1.54) is 0 Å². The lowest BCUT2D eigenvalue weighted by molar-refractivity contribution is 0.113. The molecule has 0 aromatic carbocycles. The van der Waals surface area contributed by atoms with Gasteiger partial charge in [-0.1, -0.05) is 33.6 Å². The third-order valence-electron chi connectivity index (χ3n) is 3.30. The first-order chi connectivity index (χ1) is 8.61. The molecule has 0 aliphatic heterocycles. The molecule has 0 radical (unpaired) electrons. The number of hydrogen-bond acceptors (Lipinski definition) is 3. The summed E-state index contributed by atoms with van der Waals surface area (Å²) in [7, 11) is 0. The van der Waals surface area contributed by atoms with Gasteiger partial charge in [-0.2, -0.15) is 0 Å². The lowest BCUT2D eigenvalue weighted by Crippen LogP contribution is -2.28. The maximum absolute atomic E-state index is 11.4. The Morgan fingerprint density at radius 3 is 2.44 bits per heavy atom. The number of amides is 1. The predicted molar refractivity (Wildman–Crippen MR) is 75.5 cm³/mol. The van der Waals surface area contributed by atoms with E-state index in [-0.39, 0.29) is 6.09 Å². The molecular formula is C14H30N2O2. The molecule has 108 valence electrons. The minimum atomic E-state index is -0.284. The van der Waals surface area contributed by atoms with E-state index in [0.29, 0.717) is 25.0 Å². The van der Waals surface area contributed by atoms with E-state index in [1.807, 2.05) is 0 Å². The second-order valence-electron chi connectivity index (χ2n) is 5.14. The van der Waals surface area contributed by atoms with E-state index in [4.69, 9.17) is 10.5 Å². The van der Waals surface area contributed by atoms with Crippen LogP contribution in [0.25, 0.3) is 0 Å². The van der Waals surface area contributed by atoms with Crippen LogP contribution in [-0.4, -0.2) is 25.8 Å². The lowest BCUT2D eigenvalue weighted by atomic mass is 9.94. The number of ether oxygens (including phenoxy) is 1. The van der Waals surface area contributed by atoms with Crippen molar-refractivity contribution in [1.29, 1.82) is 0 Å². The average Bonchev–Trinajstić information content (AvgIpc) is 2.34. The molecule has 18 heavy (non-hydrogen) atoms. The fraction of sp³-hybridized carbons (Fsp3) is 0.929. The summed E-state index contributed by atoms with van der Waals surface area (Å²) in [6.45, 7) is 8.42. The minimum absolute atomic E-state index is 0.284. The van der Waals surface area contributed by atoms with Gasteiger partial charge in [-0.3, -0.25) is 0 Å². The van der Waals surface area contributed by atoms with Crippen LogP contribution in [0.4, 0.5) is 4.79 Å². The summed E-state index contributed by atoms with van der Waals surface area (Å²) in [6, 6.07) is 0. The van der Waals surface area contributed by atoms with Crippen molar-refractivity contribution in [2.75, 3.05) is 19.7 Å². The Morgan fingerprint density at radius 2 is 1.89 bits per heavy atom. The van der Waals surface area contributed by atoms with Gasteiger partial charge in [-0.05, 0) is 37.6 Å². The highest BCUT2D eigenvalue weighted by Crippen LogP contribution is 2.14. The molecule has 0 aromatic heterocycles. The molecule has 0 spiro atoms. The summed E-state index contributed by atoms with van der Waals surface area (Å²) in [5.74, 6) is 1.01. The van der Waals surface area contributed by atoms with Crippen molar-refractivity contribution in [3.8, 4) is 0 Å². The molecule has 4 nitrogen and oxygen atoms in total. The first-order valence-electron chi connectivity index (χ1n) is 7.22. The van der Waals surface area contributed by atoms with Crippen molar-refractivity contribution < 1.29 is 9.53 Å². The van der Waals surface area contributed by atoms with Crippen LogP contribution in [-0.2, 0) is 4.74 Å². The Balaban J connectivity index is 3.47. The SMILES string of the molecule is CC[C@@H](COC(=O)NCCCCCCN)C(C)C. The Labute approximate surface area is 112 Å². The topological polar surface area (TPSA) is 64.3 Å². The summed E-state index contributed by atoms with van der Waals surface area (Å²) in [4.78, 5) is 11.4. The summed E-state index contributed by atoms with van der Waals surface area (Å²) < 4.78 is 5.21. The quantitative estimate of drug-likeness (QED) is 0.592. The number of carbonyl (C=O) groups is 1. The first-order valence-corrected chi connectivity index (χ1v) is 7.22. The number of carbonyl (C=O) groups excluding carboxylic acids is 1. The van der Waals surface area contributed by atoms with Crippen molar-refractivity contribution in [2.24, 2.45) is 17.6 Å². The molecule has 0 fully saturated rings. The van der Waals surface area contributed by atoms with Crippen molar-refractivity contribution >= 4 is 6.09 Å². The predicted octanol–water partition coefficient (Wildman–Crippen LogP) is 2.91. The third-order valence-corrected chi connectivity index (χ3v) is 3.30. The monoisotopic (exact) mass is 258 g/mol. The fourth-order valence-electron chi connectivity index (χ4n) is 1.83. The van der Waals surface area contributed by atoms with E-state index in [1.54, 1.807) is 0 Å². The zero-order chi connectivity index (χ0) is 13.8. The van der Waals surface area contributed by atoms with Crippen molar-refractivity contribution in [3.63, 3.8) is 0 Å². The molecule has 0 bridgehead atoms. The number of hydrogen-bond donors (Lipinski definition) is 2. The standard InChI is InChI=1S/C14H30N2O2/c1-4-13(12(2)3)11-18-14(17)16-10-8-6-5-7-9-15/h12-13H,4-11,15H2,1-3H3,(H,16,17)/t13-/m0/s1. The second-order valence-corrected chi connectivity index (χ2v) is 5.14. The van der Waals surface area contributed by atoms with Crippen LogP contribution in [0.5, 0.6) is 0 Å².